The molecule has 106 valence electrons. The molecule has 2 rings (SSSR count). The number of hydrogen-bond acceptors (Lipinski definition) is 3. The zero-order chi connectivity index (χ0) is 13.5. The lowest BCUT2D eigenvalue weighted by Gasteiger charge is -2.21. The van der Waals surface area contributed by atoms with Gasteiger partial charge in [0.05, 0.1) is 7.11 Å². The first-order valence-corrected chi connectivity index (χ1v) is 7.31. The van der Waals surface area contributed by atoms with Crippen molar-refractivity contribution >= 4 is 0 Å². The summed E-state index contributed by atoms with van der Waals surface area (Å²) in [6.07, 6.45) is 4.05. The van der Waals surface area contributed by atoms with Gasteiger partial charge in [0.15, 0.2) is 0 Å². The van der Waals surface area contributed by atoms with E-state index in [2.05, 4.69) is 11.8 Å². The zero-order valence-corrected chi connectivity index (χ0v) is 12.1. The van der Waals surface area contributed by atoms with Crippen LogP contribution in [0.5, 0.6) is 11.5 Å². The van der Waals surface area contributed by atoms with Crippen molar-refractivity contribution < 1.29 is 9.47 Å². The average Bonchev–Trinajstić information content (AvgIpc) is 3.24. The second kappa shape index (κ2) is 7.39. The molecule has 3 heteroatoms. The maximum atomic E-state index is 5.79. The summed E-state index contributed by atoms with van der Waals surface area (Å²) in [5.74, 6) is 2.74. The van der Waals surface area contributed by atoms with Gasteiger partial charge in [-0.2, -0.15) is 0 Å². The van der Waals surface area contributed by atoms with E-state index < -0.39 is 0 Å². The highest BCUT2D eigenvalue weighted by Crippen LogP contribution is 2.29. The predicted molar refractivity (Wildman–Crippen MR) is 77.9 cm³/mol. The Hall–Kier alpha value is -1.22. The summed E-state index contributed by atoms with van der Waals surface area (Å²) in [5.41, 5.74) is 0. The van der Waals surface area contributed by atoms with Gasteiger partial charge in [0.1, 0.15) is 18.1 Å². The molecule has 0 saturated heterocycles. The van der Waals surface area contributed by atoms with Crippen LogP contribution in [0, 0.1) is 5.92 Å². The Morgan fingerprint density at radius 1 is 1.11 bits per heavy atom. The molecule has 1 saturated carbocycles. The molecule has 1 aromatic carbocycles. The summed E-state index contributed by atoms with van der Waals surface area (Å²) in [7, 11) is 1.68. The van der Waals surface area contributed by atoms with Crippen molar-refractivity contribution in [1.29, 1.82) is 0 Å². The van der Waals surface area contributed by atoms with E-state index in [0.29, 0.717) is 0 Å². The molecule has 0 amide bonds. The third-order valence-electron chi connectivity index (χ3n) is 3.49. The molecule has 1 aromatic rings. The minimum Gasteiger partial charge on any atom is -0.497 e. The highest BCUT2D eigenvalue weighted by Gasteiger charge is 2.23. The van der Waals surface area contributed by atoms with E-state index in [1.54, 1.807) is 7.11 Å². The van der Waals surface area contributed by atoms with Gasteiger partial charge in [0, 0.05) is 13.1 Å². The van der Waals surface area contributed by atoms with Crippen LogP contribution in [0.3, 0.4) is 0 Å². The maximum Gasteiger partial charge on any atom is 0.119 e. The van der Waals surface area contributed by atoms with Crippen LogP contribution in [0.1, 0.15) is 26.2 Å². The van der Waals surface area contributed by atoms with Crippen molar-refractivity contribution in [2.24, 2.45) is 5.92 Å². The monoisotopic (exact) mass is 263 g/mol. The highest BCUT2D eigenvalue weighted by molar-refractivity contribution is 5.31. The molecule has 0 spiro atoms. The minimum atomic E-state index is 0.763. The summed E-state index contributed by atoms with van der Waals surface area (Å²) in [4.78, 5) is 2.53. The number of hydrogen-bond donors (Lipinski definition) is 0. The molecule has 0 aliphatic heterocycles. The molecule has 1 aliphatic carbocycles. The van der Waals surface area contributed by atoms with Crippen molar-refractivity contribution in [1.82, 2.24) is 4.90 Å². The van der Waals surface area contributed by atoms with E-state index in [1.165, 1.54) is 32.4 Å². The summed E-state index contributed by atoms with van der Waals surface area (Å²) >= 11 is 0. The van der Waals surface area contributed by atoms with E-state index in [1.807, 2.05) is 24.3 Å². The lowest BCUT2D eigenvalue weighted by Crippen LogP contribution is -2.31. The van der Waals surface area contributed by atoms with E-state index >= 15 is 0 Å². The summed E-state index contributed by atoms with van der Waals surface area (Å²) in [6.45, 7) is 6.46. The zero-order valence-electron chi connectivity index (χ0n) is 12.1. The summed E-state index contributed by atoms with van der Waals surface area (Å²) < 4.78 is 10.9. The van der Waals surface area contributed by atoms with Crippen LogP contribution in [-0.4, -0.2) is 38.3 Å². The molecule has 0 N–H and O–H groups in total. The molecule has 0 radical (unpaired) electrons. The van der Waals surface area contributed by atoms with E-state index in [4.69, 9.17) is 9.47 Å². The molecule has 1 fully saturated rings. The largest absolute Gasteiger partial charge is 0.497 e. The SMILES string of the molecule is CCCN(CCOc1ccc(OC)cc1)CC1CC1. The van der Waals surface area contributed by atoms with Crippen LogP contribution in [0.15, 0.2) is 24.3 Å². The van der Waals surface area contributed by atoms with Gasteiger partial charge in [-0.3, -0.25) is 4.90 Å². The van der Waals surface area contributed by atoms with E-state index in [0.717, 1.165) is 30.6 Å². The summed E-state index contributed by atoms with van der Waals surface area (Å²) in [6, 6.07) is 7.79. The van der Waals surface area contributed by atoms with E-state index in [9.17, 15) is 0 Å². The molecular weight excluding hydrogens is 238 g/mol. The van der Waals surface area contributed by atoms with Crippen molar-refractivity contribution in [2.45, 2.75) is 26.2 Å². The Kier molecular flexibility index (Phi) is 5.52. The minimum absolute atomic E-state index is 0.763. The second-order valence-electron chi connectivity index (χ2n) is 5.27. The number of rotatable bonds is 9. The molecule has 0 aromatic heterocycles. The Morgan fingerprint density at radius 3 is 2.37 bits per heavy atom. The van der Waals surface area contributed by atoms with Crippen LogP contribution in [0.25, 0.3) is 0 Å². The first-order valence-electron chi connectivity index (χ1n) is 7.31. The number of nitrogens with zero attached hydrogens (tertiary/aromatic N) is 1. The van der Waals surface area contributed by atoms with Crippen LogP contribution in [0.2, 0.25) is 0 Å². The molecule has 3 nitrogen and oxygen atoms in total. The van der Waals surface area contributed by atoms with Crippen molar-refractivity contribution in [3.8, 4) is 11.5 Å². The Bertz CT molecular complexity index is 360. The van der Waals surface area contributed by atoms with Crippen LogP contribution in [0.4, 0.5) is 0 Å². The Morgan fingerprint density at radius 2 is 1.79 bits per heavy atom. The second-order valence-corrected chi connectivity index (χ2v) is 5.27. The fourth-order valence-corrected chi connectivity index (χ4v) is 2.24. The van der Waals surface area contributed by atoms with Gasteiger partial charge in [-0.1, -0.05) is 6.92 Å². The van der Waals surface area contributed by atoms with Crippen LogP contribution in [-0.2, 0) is 0 Å². The van der Waals surface area contributed by atoms with Crippen molar-refractivity contribution in [2.75, 3.05) is 33.4 Å². The molecule has 0 heterocycles. The van der Waals surface area contributed by atoms with Crippen molar-refractivity contribution in [3.63, 3.8) is 0 Å². The molecule has 0 atom stereocenters. The van der Waals surface area contributed by atoms with Crippen LogP contribution >= 0.6 is 0 Å². The Balaban J connectivity index is 1.70. The smallest absolute Gasteiger partial charge is 0.119 e. The topological polar surface area (TPSA) is 21.7 Å². The highest BCUT2D eigenvalue weighted by atomic mass is 16.5. The van der Waals surface area contributed by atoms with Gasteiger partial charge in [0.25, 0.3) is 0 Å². The van der Waals surface area contributed by atoms with Gasteiger partial charge < -0.3 is 9.47 Å². The third-order valence-corrected chi connectivity index (χ3v) is 3.49. The first kappa shape index (κ1) is 14.2. The van der Waals surface area contributed by atoms with Gasteiger partial charge in [0.2, 0.25) is 0 Å². The lowest BCUT2D eigenvalue weighted by atomic mass is 10.3. The average molecular weight is 263 g/mol. The van der Waals surface area contributed by atoms with E-state index in [-0.39, 0.29) is 0 Å². The van der Waals surface area contributed by atoms with Gasteiger partial charge in [-0.05, 0) is 56.0 Å². The molecule has 0 unspecified atom stereocenters. The normalized spacial score (nSPS) is 14.7. The Labute approximate surface area is 116 Å². The molecule has 1 aliphatic rings. The van der Waals surface area contributed by atoms with Gasteiger partial charge in [-0.25, -0.2) is 0 Å². The number of benzene rings is 1. The third kappa shape index (κ3) is 5.11. The molecule has 19 heavy (non-hydrogen) atoms. The van der Waals surface area contributed by atoms with Gasteiger partial charge >= 0.3 is 0 Å². The number of methoxy groups -OCH3 is 1. The lowest BCUT2D eigenvalue weighted by molar-refractivity contribution is 0.203. The molecule has 0 bridgehead atoms. The van der Waals surface area contributed by atoms with Crippen molar-refractivity contribution in [3.05, 3.63) is 24.3 Å². The fourth-order valence-electron chi connectivity index (χ4n) is 2.24. The predicted octanol–water partition coefficient (Wildman–Crippen LogP) is 3.20. The fraction of sp³-hybridized carbons (Fsp3) is 0.625. The summed E-state index contributed by atoms with van der Waals surface area (Å²) in [5, 5.41) is 0. The maximum absolute atomic E-state index is 5.79. The quantitative estimate of drug-likeness (QED) is 0.683. The molecular formula is C16H25NO2. The first-order chi connectivity index (χ1) is 9.31. The standard InChI is InChI=1S/C16H25NO2/c1-3-10-17(13-14-4-5-14)11-12-19-16-8-6-15(18-2)7-9-16/h6-9,14H,3-5,10-13H2,1-2H3. The van der Waals surface area contributed by atoms with Gasteiger partial charge in [-0.15, -0.1) is 0 Å². The van der Waals surface area contributed by atoms with Crippen LogP contribution < -0.4 is 9.47 Å². The number of ether oxygens (including phenoxy) is 2.